The third-order valence-corrected chi connectivity index (χ3v) is 6.15. The molecule has 2 heterocycles. The van der Waals surface area contributed by atoms with E-state index in [1.807, 2.05) is 73.7 Å². The number of pyridine rings is 1. The van der Waals surface area contributed by atoms with Gasteiger partial charge in [-0.15, -0.1) is 0 Å². The minimum Gasteiger partial charge on any atom is -0.298 e. The van der Waals surface area contributed by atoms with Crippen molar-refractivity contribution in [2.24, 2.45) is 0 Å². The van der Waals surface area contributed by atoms with Crippen molar-refractivity contribution in [1.29, 1.82) is 0 Å². The summed E-state index contributed by atoms with van der Waals surface area (Å²) in [5.74, 6) is -0.201. The number of amides is 1. The van der Waals surface area contributed by atoms with Gasteiger partial charge in [-0.05, 0) is 36.8 Å². The molecule has 30 heavy (non-hydrogen) atoms. The summed E-state index contributed by atoms with van der Waals surface area (Å²) in [4.78, 5) is 22.7. The van der Waals surface area contributed by atoms with Crippen molar-refractivity contribution < 1.29 is 4.79 Å². The van der Waals surface area contributed by atoms with Crippen LogP contribution < -0.4 is 5.32 Å². The predicted octanol–water partition coefficient (Wildman–Crippen LogP) is 6.73. The fourth-order valence-electron chi connectivity index (χ4n) is 3.59. The van der Waals surface area contributed by atoms with Crippen LogP contribution in [-0.4, -0.2) is 15.9 Å². The maximum absolute atomic E-state index is 13.4. The number of carbonyl (C=O) groups is 1. The summed E-state index contributed by atoms with van der Waals surface area (Å²) in [7, 11) is 0. The fraction of sp³-hybridized carbons (Fsp3) is 0.0417. The number of thiazole rings is 1. The van der Waals surface area contributed by atoms with E-state index in [0.29, 0.717) is 15.7 Å². The lowest BCUT2D eigenvalue weighted by Gasteiger charge is -2.14. The number of halogens is 1. The Kier molecular flexibility index (Phi) is 4.69. The summed E-state index contributed by atoms with van der Waals surface area (Å²) in [6.07, 6.45) is 0. The average molecular weight is 430 g/mol. The Morgan fingerprint density at radius 3 is 2.53 bits per heavy atom. The quantitative estimate of drug-likeness (QED) is 0.346. The summed E-state index contributed by atoms with van der Waals surface area (Å²) in [6.45, 7) is 1.94. The van der Waals surface area contributed by atoms with E-state index in [9.17, 15) is 4.79 Å². The molecular weight excluding hydrogens is 414 g/mol. The molecule has 2 aromatic heterocycles. The summed E-state index contributed by atoms with van der Waals surface area (Å²) in [5.41, 5.74) is 4.81. The number of benzene rings is 3. The second kappa shape index (κ2) is 7.52. The Bertz CT molecular complexity index is 1410. The number of carbonyl (C=O) groups excluding carboxylic acids is 1. The second-order valence-corrected chi connectivity index (χ2v) is 8.40. The van der Waals surface area contributed by atoms with Crippen molar-refractivity contribution in [3.8, 4) is 11.3 Å². The Morgan fingerprint density at radius 1 is 0.933 bits per heavy atom. The molecule has 5 aromatic rings. The zero-order valence-corrected chi connectivity index (χ0v) is 17.6. The molecule has 0 aliphatic heterocycles. The van der Waals surface area contributed by atoms with Crippen LogP contribution >= 0.6 is 22.9 Å². The van der Waals surface area contributed by atoms with Gasteiger partial charge in [0, 0.05) is 16.0 Å². The van der Waals surface area contributed by atoms with Crippen LogP contribution in [0.5, 0.6) is 0 Å². The van der Waals surface area contributed by atoms with Crippen LogP contribution in [0.1, 0.15) is 15.9 Å². The first-order valence-electron chi connectivity index (χ1n) is 9.42. The third kappa shape index (κ3) is 3.32. The number of para-hydroxylation sites is 1. The van der Waals surface area contributed by atoms with E-state index in [1.54, 1.807) is 6.07 Å². The molecule has 146 valence electrons. The molecule has 0 saturated carbocycles. The van der Waals surface area contributed by atoms with Gasteiger partial charge >= 0.3 is 0 Å². The van der Waals surface area contributed by atoms with Crippen molar-refractivity contribution in [3.63, 3.8) is 0 Å². The maximum atomic E-state index is 13.4. The molecule has 0 spiro atoms. The molecule has 3 aromatic carbocycles. The van der Waals surface area contributed by atoms with E-state index >= 15 is 0 Å². The Hall–Kier alpha value is -3.28. The van der Waals surface area contributed by atoms with Crippen LogP contribution in [0.4, 0.5) is 5.13 Å². The molecule has 6 heteroatoms. The molecule has 0 aliphatic rings. The van der Waals surface area contributed by atoms with E-state index in [2.05, 4.69) is 10.3 Å². The molecule has 0 atom stereocenters. The number of hydrogen-bond donors (Lipinski definition) is 1. The van der Waals surface area contributed by atoms with Crippen molar-refractivity contribution in [1.82, 2.24) is 9.97 Å². The Labute approximate surface area is 182 Å². The van der Waals surface area contributed by atoms with E-state index in [0.717, 1.165) is 37.9 Å². The van der Waals surface area contributed by atoms with Crippen LogP contribution in [0.25, 0.3) is 32.4 Å². The Balaban J connectivity index is 1.63. The number of nitrogens with one attached hydrogen (secondary N) is 1. The van der Waals surface area contributed by atoms with Gasteiger partial charge in [0.1, 0.15) is 0 Å². The molecule has 0 radical (unpaired) electrons. The van der Waals surface area contributed by atoms with E-state index in [-0.39, 0.29) is 5.91 Å². The van der Waals surface area contributed by atoms with Gasteiger partial charge in [-0.3, -0.25) is 10.1 Å². The van der Waals surface area contributed by atoms with Gasteiger partial charge in [0.2, 0.25) is 0 Å². The average Bonchev–Trinajstić information content (AvgIpc) is 3.15. The second-order valence-electron chi connectivity index (χ2n) is 6.93. The molecule has 0 unspecified atom stereocenters. The first-order valence-corrected chi connectivity index (χ1v) is 10.6. The minimum atomic E-state index is -0.201. The maximum Gasteiger partial charge on any atom is 0.258 e. The summed E-state index contributed by atoms with van der Waals surface area (Å²) in [6, 6.07) is 23.1. The largest absolute Gasteiger partial charge is 0.298 e. The number of fused-ring (bicyclic) bond motifs is 2. The SMILES string of the molecule is Cc1c(-c2ccccc2)nc2ccccc2c1C(=O)Nc1nc2ccc(Cl)cc2s1. The van der Waals surface area contributed by atoms with E-state index < -0.39 is 0 Å². The van der Waals surface area contributed by atoms with Crippen molar-refractivity contribution >= 4 is 55.1 Å². The van der Waals surface area contributed by atoms with Crippen LogP contribution in [0.3, 0.4) is 0 Å². The smallest absolute Gasteiger partial charge is 0.258 e. The molecule has 0 bridgehead atoms. The van der Waals surface area contributed by atoms with Crippen LogP contribution in [-0.2, 0) is 0 Å². The summed E-state index contributed by atoms with van der Waals surface area (Å²) >= 11 is 7.48. The highest BCUT2D eigenvalue weighted by Gasteiger charge is 2.20. The van der Waals surface area contributed by atoms with Gasteiger partial charge < -0.3 is 0 Å². The zero-order valence-electron chi connectivity index (χ0n) is 16.0. The highest BCUT2D eigenvalue weighted by atomic mass is 35.5. The number of anilines is 1. The van der Waals surface area contributed by atoms with Gasteiger partial charge in [-0.1, -0.05) is 71.5 Å². The van der Waals surface area contributed by atoms with E-state index in [1.165, 1.54) is 11.3 Å². The van der Waals surface area contributed by atoms with Gasteiger partial charge in [0.25, 0.3) is 5.91 Å². The first-order chi connectivity index (χ1) is 14.6. The zero-order chi connectivity index (χ0) is 20.7. The van der Waals surface area contributed by atoms with Crippen LogP contribution in [0, 0.1) is 6.92 Å². The first kappa shape index (κ1) is 18.7. The lowest BCUT2D eigenvalue weighted by Crippen LogP contribution is -2.15. The molecule has 0 fully saturated rings. The summed E-state index contributed by atoms with van der Waals surface area (Å²) in [5, 5.41) is 4.98. The lowest BCUT2D eigenvalue weighted by molar-refractivity contribution is 0.102. The molecule has 0 aliphatic carbocycles. The van der Waals surface area contributed by atoms with Crippen LogP contribution in [0.2, 0.25) is 5.02 Å². The van der Waals surface area contributed by atoms with Crippen molar-refractivity contribution in [2.75, 3.05) is 5.32 Å². The fourth-order valence-corrected chi connectivity index (χ4v) is 4.73. The lowest BCUT2D eigenvalue weighted by atomic mass is 9.97. The molecule has 5 rings (SSSR count). The number of rotatable bonds is 3. The standard InChI is InChI=1S/C24H16ClN3OS/c1-14-21(23(29)28-24-27-19-12-11-16(25)13-20(19)30-24)17-9-5-6-10-18(17)26-22(14)15-7-3-2-4-8-15/h2-13H,1H3,(H,27,28,29). The Morgan fingerprint density at radius 2 is 1.70 bits per heavy atom. The number of hydrogen-bond acceptors (Lipinski definition) is 4. The number of aromatic nitrogens is 2. The van der Waals surface area contributed by atoms with Crippen LogP contribution in [0.15, 0.2) is 72.8 Å². The monoisotopic (exact) mass is 429 g/mol. The summed E-state index contributed by atoms with van der Waals surface area (Å²) < 4.78 is 0.930. The van der Waals surface area contributed by atoms with E-state index in [4.69, 9.17) is 16.6 Å². The molecule has 1 N–H and O–H groups in total. The molecular formula is C24H16ClN3OS. The highest BCUT2D eigenvalue weighted by molar-refractivity contribution is 7.22. The number of nitrogens with zero attached hydrogens (tertiary/aromatic N) is 2. The highest BCUT2D eigenvalue weighted by Crippen LogP contribution is 2.32. The topological polar surface area (TPSA) is 54.9 Å². The minimum absolute atomic E-state index is 0.201. The molecule has 4 nitrogen and oxygen atoms in total. The predicted molar refractivity (Wildman–Crippen MR) is 124 cm³/mol. The normalized spacial score (nSPS) is 11.1. The third-order valence-electron chi connectivity index (χ3n) is 4.98. The van der Waals surface area contributed by atoms with Crippen molar-refractivity contribution in [3.05, 3.63) is 88.9 Å². The van der Waals surface area contributed by atoms with Gasteiger partial charge in [-0.25, -0.2) is 9.97 Å². The molecule has 0 saturated heterocycles. The van der Waals surface area contributed by atoms with Crippen molar-refractivity contribution in [2.45, 2.75) is 6.92 Å². The molecule has 1 amide bonds. The van der Waals surface area contributed by atoms with Gasteiger partial charge in [0.05, 0.1) is 27.0 Å². The van der Waals surface area contributed by atoms with Gasteiger partial charge in [-0.2, -0.15) is 0 Å². The van der Waals surface area contributed by atoms with Gasteiger partial charge in [0.15, 0.2) is 5.13 Å².